The fourth-order valence-corrected chi connectivity index (χ4v) is 2.52. The van der Waals surface area contributed by atoms with Crippen LogP contribution in [0, 0.1) is 5.82 Å². The summed E-state index contributed by atoms with van der Waals surface area (Å²) < 4.78 is 18.2. The van der Waals surface area contributed by atoms with Gasteiger partial charge in [-0.25, -0.2) is 4.39 Å². The summed E-state index contributed by atoms with van der Waals surface area (Å²) in [6, 6.07) is 9.60. The average molecular weight is 358 g/mol. The molecule has 26 heavy (non-hydrogen) atoms. The molecule has 7 nitrogen and oxygen atoms in total. The first-order valence-electron chi connectivity index (χ1n) is 7.74. The lowest BCUT2D eigenvalue weighted by Crippen LogP contribution is -2.43. The highest BCUT2D eigenvalue weighted by Crippen LogP contribution is 2.33. The van der Waals surface area contributed by atoms with Gasteiger partial charge in [0.15, 0.2) is 12.4 Å². The van der Waals surface area contributed by atoms with Gasteiger partial charge in [-0.3, -0.25) is 19.3 Å². The quantitative estimate of drug-likeness (QED) is 0.787. The van der Waals surface area contributed by atoms with Crippen LogP contribution >= 0.6 is 0 Å². The highest BCUT2D eigenvalue weighted by atomic mass is 19.1. The molecule has 2 N–H and O–H groups in total. The zero-order chi connectivity index (χ0) is 18.7. The summed E-state index contributed by atoms with van der Waals surface area (Å²) in [6.45, 7) is -1.20. The van der Waals surface area contributed by atoms with Crippen LogP contribution in [0.25, 0.3) is 0 Å². The summed E-state index contributed by atoms with van der Waals surface area (Å²) in [4.78, 5) is 37.3. The van der Waals surface area contributed by atoms with Crippen LogP contribution in [-0.4, -0.2) is 42.5 Å². The Bertz CT molecular complexity index is 866. The third-order valence-electron chi connectivity index (χ3n) is 3.80. The molecule has 2 aromatic rings. The molecule has 0 saturated heterocycles. The SMILES string of the molecule is O=C(CN1C(=O)COc2ccc(C(=O)CO)cc21)Nc1ccc(F)cc1. The van der Waals surface area contributed by atoms with Gasteiger partial charge in [-0.15, -0.1) is 0 Å². The van der Waals surface area contributed by atoms with E-state index in [1.807, 2.05) is 0 Å². The molecule has 8 heteroatoms. The summed E-state index contributed by atoms with van der Waals surface area (Å²) in [5.41, 5.74) is 0.866. The van der Waals surface area contributed by atoms with Gasteiger partial charge in [0, 0.05) is 11.3 Å². The van der Waals surface area contributed by atoms with Crippen LogP contribution < -0.4 is 15.0 Å². The van der Waals surface area contributed by atoms with Crippen LogP contribution in [0.15, 0.2) is 42.5 Å². The molecule has 1 heterocycles. The number of hydrogen-bond acceptors (Lipinski definition) is 5. The number of aliphatic hydroxyl groups is 1. The van der Waals surface area contributed by atoms with Gasteiger partial charge in [0.25, 0.3) is 5.91 Å². The molecule has 0 radical (unpaired) electrons. The number of ketones is 1. The van der Waals surface area contributed by atoms with E-state index in [-0.39, 0.29) is 24.4 Å². The Morgan fingerprint density at radius 1 is 1.19 bits per heavy atom. The molecule has 0 unspecified atom stereocenters. The van der Waals surface area contributed by atoms with Crippen molar-refractivity contribution in [3.63, 3.8) is 0 Å². The number of benzene rings is 2. The van der Waals surface area contributed by atoms with Crippen molar-refractivity contribution < 1.29 is 28.6 Å². The summed E-state index contributed by atoms with van der Waals surface area (Å²) in [5, 5.41) is 11.6. The molecule has 1 aliphatic rings. The zero-order valence-electron chi connectivity index (χ0n) is 13.6. The average Bonchev–Trinajstić information content (AvgIpc) is 2.65. The van der Waals surface area contributed by atoms with Crippen molar-refractivity contribution in [1.29, 1.82) is 0 Å². The van der Waals surface area contributed by atoms with Crippen molar-refractivity contribution in [1.82, 2.24) is 0 Å². The fourth-order valence-electron chi connectivity index (χ4n) is 2.52. The van der Waals surface area contributed by atoms with E-state index in [9.17, 15) is 18.8 Å². The first-order valence-corrected chi connectivity index (χ1v) is 7.74. The Labute approximate surface area is 148 Å². The lowest BCUT2D eigenvalue weighted by Gasteiger charge is -2.29. The summed E-state index contributed by atoms with van der Waals surface area (Å²) in [6.07, 6.45) is 0. The maximum Gasteiger partial charge on any atom is 0.265 e. The van der Waals surface area contributed by atoms with E-state index in [0.29, 0.717) is 11.4 Å². The first-order chi connectivity index (χ1) is 12.5. The topological polar surface area (TPSA) is 95.9 Å². The Morgan fingerprint density at radius 2 is 1.92 bits per heavy atom. The highest BCUT2D eigenvalue weighted by Gasteiger charge is 2.28. The number of nitrogens with zero attached hydrogens (tertiary/aromatic N) is 1. The number of fused-ring (bicyclic) bond motifs is 1. The number of carbonyl (C=O) groups is 3. The number of Topliss-reactive ketones (excluding diaryl/α,β-unsaturated/α-hetero) is 1. The molecule has 3 rings (SSSR count). The highest BCUT2D eigenvalue weighted by molar-refractivity contribution is 6.06. The maximum atomic E-state index is 12.9. The summed E-state index contributed by atoms with van der Waals surface area (Å²) in [5.74, 6) is -1.52. The maximum absolute atomic E-state index is 12.9. The molecule has 2 amide bonds. The van der Waals surface area contributed by atoms with Crippen molar-refractivity contribution >= 4 is 29.0 Å². The molecule has 0 saturated carbocycles. The van der Waals surface area contributed by atoms with Crippen molar-refractivity contribution in [2.24, 2.45) is 0 Å². The molecule has 0 aliphatic carbocycles. The monoisotopic (exact) mass is 358 g/mol. The summed E-state index contributed by atoms with van der Waals surface area (Å²) in [7, 11) is 0. The molecule has 0 fully saturated rings. The van der Waals surface area contributed by atoms with Gasteiger partial charge in [-0.1, -0.05) is 0 Å². The molecule has 0 aromatic heterocycles. The second-order valence-electron chi connectivity index (χ2n) is 5.59. The van der Waals surface area contributed by atoms with E-state index < -0.39 is 30.0 Å². The predicted molar refractivity (Wildman–Crippen MR) is 90.7 cm³/mol. The molecular formula is C18H15FN2O5. The third-order valence-corrected chi connectivity index (χ3v) is 3.80. The molecule has 134 valence electrons. The second kappa shape index (κ2) is 7.32. The van der Waals surface area contributed by atoms with Crippen LogP contribution in [0.2, 0.25) is 0 Å². The summed E-state index contributed by atoms with van der Waals surface area (Å²) >= 11 is 0. The lowest BCUT2D eigenvalue weighted by molar-refractivity contribution is -0.123. The predicted octanol–water partition coefficient (Wildman–Crippen LogP) is 1.36. The Balaban J connectivity index is 1.81. The fraction of sp³-hybridized carbons (Fsp3) is 0.167. The number of anilines is 2. The van der Waals surface area contributed by atoms with E-state index in [1.165, 1.54) is 47.4 Å². The van der Waals surface area contributed by atoms with E-state index in [2.05, 4.69) is 5.32 Å². The number of amides is 2. The van der Waals surface area contributed by atoms with E-state index >= 15 is 0 Å². The van der Waals surface area contributed by atoms with Crippen molar-refractivity contribution in [3.8, 4) is 5.75 Å². The third kappa shape index (κ3) is 3.70. The van der Waals surface area contributed by atoms with Gasteiger partial charge >= 0.3 is 0 Å². The largest absolute Gasteiger partial charge is 0.482 e. The van der Waals surface area contributed by atoms with Crippen LogP contribution in [-0.2, 0) is 9.59 Å². The minimum atomic E-state index is -0.668. The molecule has 0 spiro atoms. The van der Waals surface area contributed by atoms with Crippen LogP contribution in [0.5, 0.6) is 5.75 Å². The van der Waals surface area contributed by atoms with Gasteiger partial charge in [0.05, 0.1) is 5.69 Å². The van der Waals surface area contributed by atoms with Gasteiger partial charge in [-0.2, -0.15) is 0 Å². The Kier molecular flexibility index (Phi) is 4.94. The number of hydrogen-bond donors (Lipinski definition) is 2. The van der Waals surface area contributed by atoms with Gasteiger partial charge in [0.1, 0.15) is 24.7 Å². The van der Waals surface area contributed by atoms with Crippen molar-refractivity contribution in [3.05, 3.63) is 53.8 Å². The number of ether oxygens (including phenoxy) is 1. The van der Waals surface area contributed by atoms with E-state index in [1.54, 1.807) is 0 Å². The number of nitrogens with one attached hydrogen (secondary N) is 1. The van der Waals surface area contributed by atoms with Gasteiger partial charge in [-0.05, 0) is 42.5 Å². The number of aliphatic hydroxyl groups excluding tert-OH is 1. The number of halogens is 1. The van der Waals surface area contributed by atoms with Crippen molar-refractivity contribution in [2.75, 3.05) is 30.0 Å². The minimum absolute atomic E-state index is 0.202. The molecule has 0 atom stereocenters. The second-order valence-corrected chi connectivity index (χ2v) is 5.59. The van der Waals surface area contributed by atoms with Crippen LogP contribution in [0.1, 0.15) is 10.4 Å². The Morgan fingerprint density at radius 3 is 2.62 bits per heavy atom. The Hall–Kier alpha value is -3.26. The molecule has 2 aromatic carbocycles. The van der Waals surface area contributed by atoms with Crippen LogP contribution in [0.4, 0.5) is 15.8 Å². The van der Waals surface area contributed by atoms with Crippen LogP contribution in [0.3, 0.4) is 0 Å². The minimum Gasteiger partial charge on any atom is -0.482 e. The van der Waals surface area contributed by atoms with Crippen molar-refractivity contribution in [2.45, 2.75) is 0 Å². The molecule has 1 aliphatic heterocycles. The van der Waals surface area contributed by atoms with Gasteiger partial charge < -0.3 is 15.2 Å². The zero-order valence-corrected chi connectivity index (χ0v) is 13.6. The lowest BCUT2D eigenvalue weighted by atomic mass is 10.1. The molecule has 0 bridgehead atoms. The van der Waals surface area contributed by atoms with E-state index in [0.717, 1.165) is 0 Å². The first kappa shape index (κ1) is 17.6. The normalized spacial score (nSPS) is 13.0. The smallest absolute Gasteiger partial charge is 0.265 e. The number of carbonyl (C=O) groups excluding carboxylic acids is 3. The van der Waals surface area contributed by atoms with E-state index in [4.69, 9.17) is 9.84 Å². The van der Waals surface area contributed by atoms with Gasteiger partial charge in [0.2, 0.25) is 5.91 Å². The standard InChI is InChI=1S/C18H15FN2O5/c19-12-2-4-13(5-3-12)20-17(24)8-21-14-7-11(15(23)9-22)1-6-16(14)26-10-18(21)25/h1-7,22H,8-10H2,(H,20,24). The molecular weight excluding hydrogens is 343 g/mol. The number of rotatable bonds is 5.